The summed E-state index contributed by atoms with van der Waals surface area (Å²) in [4.78, 5) is 29.7. The minimum Gasteiger partial charge on any atom is -0.507 e. The predicted octanol–water partition coefficient (Wildman–Crippen LogP) is 4.81. The van der Waals surface area contributed by atoms with Gasteiger partial charge in [-0.05, 0) is 89.3 Å². The molecule has 1 aliphatic rings. The molecule has 33 heavy (non-hydrogen) atoms. The molecule has 0 spiro atoms. The van der Waals surface area contributed by atoms with Gasteiger partial charge in [0.2, 0.25) is 0 Å². The number of aliphatic hydroxyl groups is 1. The Balaban J connectivity index is 2.07. The Morgan fingerprint density at radius 2 is 1.82 bits per heavy atom. The predicted molar refractivity (Wildman–Crippen MR) is 131 cm³/mol. The SMILES string of the molecule is Cc1cc(C(O)=C2C(=O)C(=O)N(CCCN(C)C)C2c2ccc(Cl)cc2)ccc1OC(C)C. The first-order chi connectivity index (χ1) is 15.6. The number of carbonyl (C=O) groups excluding carboxylic acids is 2. The molecule has 0 bridgehead atoms. The molecule has 1 saturated heterocycles. The number of halogens is 1. The third-order valence-electron chi connectivity index (χ3n) is 5.54. The van der Waals surface area contributed by atoms with E-state index in [1.807, 2.05) is 39.8 Å². The largest absolute Gasteiger partial charge is 0.507 e. The summed E-state index contributed by atoms with van der Waals surface area (Å²) in [6.45, 7) is 6.93. The molecule has 1 amide bonds. The molecule has 1 fully saturated rings. The molecule has 0 radical (unpaired) electrons. The molecule has 0 aromatic heterocycles. The van der Waals surface area contributed by atoms with Gasteiger partial charge in [0.1, 0.15) is 11.5 Å². The zero-order valence-corrected chi connectivity index (χ0v) is 20.5. The summed E-state index contributed by atoms with van der Waals surface area (Å²) in [5.41, 5.74) is 2.11. The van der Waals surface area contributed by atoms with Crippen molar-refractivity contribution in [1.29, 1.82) is 0 Å². The molecule has 6 nitrogen and oxygen atoms in total. The van der Waals surface area contributed by atoms with E-state index >= 15 is 0 Å². The van der Waals surface area contributed by atoms with Crippen molar-refractivity contribution in [3.63, 3.8) is 0 Å². The monoisotopic (exact) mass is 470 g/mol. The standard InChI is InChI=1S/C26H31ClN2O4/c1-16(2)33-21-12-9-19(15-17(21)3)24(30)22-23(18-7-10-20(27)11-8-18)29(26(32)25(22)31)14-6-13-28(4)5/h7-12,15-16,23,30H,6,13-14H2,1-5H3. The zero-order valence-electron chi connectivity index (χ0n) is 19.8. The summed E-state index contributed by atoms with van der Waals surface area (Å²) in [7, 11) is 3.92. The molecular formula is C26H31ClN2O4. The average molecular weight is 471 g/mol. The fourth-order valence-corrected chi connectivity index (χ4v) is 4.12. The lowest BCUT2D eigenvalue weighted by Gasteiger charge is -2.26. The lowest BCUT2D eigenvalue weighted by atomic mass is 9.94. The number of aliphatic hydroxyl groups excluding tert-OH is 1. The number of carbonyl (C=O) groups is 2. The number of ether oxygens (including phenoxy) is 1. The van der Waals surface area contributed by atoms with E-state index in [-0.39, 0.29) is 17.4 Å². The highest BCUT2D eigenvalue weighted by molar-refractivity contribution is 6.46. The van der Waals surface area contributed by atoms with E-state index in [2.05, 4.69) is 0 Å². The molecular weight excluding hydrogens is 440 g/mol. The van der Waals surface area contributed by atoms with Crippen LogP contribution in [0.1, 0.15) is 43.0 Å². The smallest absolute Gasteiger partial charge is 0.295 e. The zero-order chi connectivity index (χ0) is 24.3. The maximum Gasteiger partial charge on any atom is 0.295 e. The summed E-state index contributed by atoms with van der Waals surface area (Å²) in [5.74, 6) is -0.772. The first-order valence-electron chi connectivity index (χ1n) is 11.1. The third-order valence-corrected chi connectivity index (χ3v) is 5.79. The first kappa shape index (κ1) is 24.8. The van der Waals surface area contributed by atoms with Gasteiger partial charge in [-0.25, -0.2) is 0 Å². The Bertz CT molecular complexity index is 1060. The van der Waals surface area contributed by atoms with Crippen molar-refractivity contribution in [1.82, 2.24) is 9.80 Å². The second-order valence-electron chi connectivity index (χ2n) is 8.85. The molecule has 176 valence electrons. The lowest BCUT2D eigenvalue weighted by Crippen LogP contribution is -2.32. The van der Waals surface area contributed by atoms with Crippen molar-refractivity contribution in [3.8, 4) is 5.75 Å². The Morgan fingerprint density at radius 1 is 1.15 bits per heavy atom. The van der Waals surface area contributed by atoms with Gasteiger partial charge >= 0.3 is 0 Å². The van der Waals surface area contributed by atoms with Crippen molar-refractivity contribution in [2.75, 3.05) is 27.2 Å². The number of nitrogens with zero attached hydrogens (tertiary/aromatic N) is 2. The van der Waals surface area contributed by atoms with Gasteiger partial charge < -0.3 is 19.6 Å². The van der Waals surface area contributed by atoms with E-state index in [1.54, 1.807) is 47.4 Å². The van der Waals surface area contributed by atoms with Crippen LogP contribution in [0.2, 0.25) is 5.02 Å². The van der Waals surface area contributed by atoms with Crippen molar-refractivity contribution in [2.45, 2.75) is 39.3 Å². The number of likely N-dealkylation sites (tertiary alicyclic amines) is 1. The van der Waals surface area contributed by atoms with Crippen LogP contribution in [0.4, 0.5) is 0 Å². The molecule has 1 heterocycles. The fraction of sp³-hybridized carbons (Fsp3) is 0.385. The maximum absolute atomic E-state index is 13.1. The van der Waals surface area contributed by atoms with Gasteiger partial charge in [-0.15, -0.1) is 0 Å². The second kappa shape index (κ2) is 10.4. The third kappa shape index (κ3) is 5.57. The lowest BCUT2D eigenvalue weighted by molar-refractivity contribution is -0.139. The minimum absolute atomic E-state index is 0.0144. The van der Waals surface area contributed by atoms with Gasteiger partial charge in [0, 0.05) is 17.1 Å². The van der Waals surface area contributed by atoms with Gasteiger partial charge in [-0.1, -0.05) is 23.7 Å². The van der Waals surface area contributed by atoms with Crippen LogP contribution in [-0.2, 0) is 9.59 Å². The van der Waals surface area contributed by atoms with Crippen LogP contribution in [0, 0.1) is 6.92 Å². The molecule has 0 saturated carbocycles. The van der Waals surface area contributed by atoms with Crippen LogP contribution in [-0.4, -0.2) is 59.9 Å². The molecule has 1 atom stereocenters. The summed E-state index contributed by atoms with van der Waals surface area (Å²) in [5, 5.41) is 11.8. The average Bonchev–Trinajstić information content (AvgIpc) is 2.99. The summed E-state index contributed by atoms with van der Waals surface area (Å²) >= 11 is 6.07. The number of hydrogen-bond acceptors (Lipinski definition) is 5. The van der Waals surface area contributed by atoms with Crippen LogP contribution in [0.25, 0.3) is 5.76 Å². The highest BCUT2D eigenvalue weighted by Gasteiger charge is 2.45. The van der Waals surface area contributed by atoms with Gasteiger partial charge in [0.15, 0.2) is 0 Å². The minimum atomic E-state index is -0.684. The van der Waals surface area contributed by atoms with Crippen molar-refractivity contribution in [2.24, 2.45) is 0 Å². The van der Waals surface area contributed by atoms with Crippen molar-refractivity contribution >= 4 is 29.1 Å². The van der Waals surface area contributed by atoms with E-state index < -0.39 is 17.7 Å². The highest BCUT2D eigenvalue weighted by atomic mass is 35.5. The van der Waals surface area contributed by atoms with E-state index in [0.717, 1.165) is 17.7 Å². The normalized spacial score (nSPS) is 17.9. The number of benzene rings is 2. The first-order valence-corrected chi connectivity index (χ1v) is 11.4. The van der Waals surface area contributed by atoms with Gasteiger partial charge in [-0.2, -0.15) is 0 Å². The number of aryl methyl sites for hydroxylation is 1. The maximum atomic E-state index is 13.1. The molecule has 2 aromatic carbocycles. The van der Waals surface area contributed by atoms with Crippen molar-refractivity contribution in [3.05, 3.63) is 69.8 Å². The van der Waals surface area contributed by atoms with Crippen LogP contribution < -0.4 is 4.74 Å². The summed E-state index contributed by atoms with van der Waals surface area (Å²) in [6, 6.07) is 11.6. The molecule has 2 aromatic rings. The fourth-order valence-electron chi connectivity index (χ4n) is 4.00. The van der Waals surface area contributed by atoms with Gasteiger partial charge in [-0.3, -0.25) is 9.59 Å². The second-order valence-corrected chi connectivity index (χ2v) is 9.28. The molecule has 7 heteroatoms. The number of Topliss-reactive ketones (excluding diaryl/α,β-unsaturated/α-hetero) is 1. The van der Waals surface area contributed by atoms with Crippen LogP contribution in [0.5, 0.6) is 5.75 Å². The molecule has 3 rings (SSSR count). The van der Waals surface area contributed by atoms with Crippen LogP contribution in [0.3, 0.4) is 0 Å². The number of hydrogen-bond donors (Lipinski definition) is 1. The Labute approximate surface area is 200 Å². The van der Waals surface area contributed by atoms with Crippen molar-refractivity contribution < 1.29 is 19.4 Å². The Hall–Kier alpha value is -2.83. The number of amides is 1. The van der Waals surface area contributed by atoms with Crippen LogP contribution >= 0.6 is 11.6 Å². The molecule has 0 aliphatic carbocycles. The van der Waals surface area contributed by atoms with Gasteiger partial charge in [0.05, 0.1) is 17.7 Å². The number of ketones is 1. The highest BCUT2D eigenvalue weighted by Crippen LogP contribution is 2.40. The molecule has 1 unspecified atom stereocenters. The molecule has 1 aliphatic heterocycles. The quantitative estimate of drug-likeness (QED) is 0.340. The summed E-state index contributed by atoms with van der Waals surface area (Å²) < 4.78 is 5.78. The topological polar surface area (TPSA) is 70.1 Å². The van der Waals surface area contributed by atoms with Crippen LogP contribution in [0.15, 0.2) is 48.0 Å². The Morgan fingerprint density at radius 3 is 2.39 bits per heavy atom. The summed E-state index contributed by atoms with van der Waals surface area (Å²) in [6.07, 6.45) is 0.713. The molecule has 1 N–H and O–H groups in total. The van der Waals surface area contributed by atoms with Gasteiger partial charge in [0.25, 0.3) is 11.7 Å². The van der Waals surface area contributed by atoms with E-state index in [1.165, 1.54) is 0 Å². The Kier molecular flexibility index (Phi) is 7.82. The van der Waals surface area contributed by atoms with E-state index in [9.17, 15) is 14.7 Å². The van der Waals surface area contributed by atoms with E-state index in [4.69, 9.17) is 16.3 Å². The number of rotatable bonds is 8. The van der Waals surface area contributed by atoms with E-state index in [0.29, 0.717) is 29.3 Å².